The van der Waals surface area contributed by atoms with Crippen molar-refractivity contribution < 1.29 is 13.2 Å². The van der Waals surface area contributed by atoms with Gasteiger partial charge in [0.15, 0.2) is 0 Å². The number of carbonyl (C=O) groups excluding carboxylic acids is 1. The monoisotopic (exact) mass is 467 g/mol. The normalized spacial score (nSPS) is 15.5. The molecule has 11 heteroatoms. The highest BCUT2D eigenvalue weighted by Gasteiger charge is 2.31. The summed E-state index contributed by atoms with van der Waals surface area (Å²) in [6.45, 7) is 0.932. The maximum Gasteiger partial charge on any atom is 0.281 e. The zero-order valence-corrected chi connectivity index (χ0v) is 17.9. The van der Waals surface area contributed by atoms with Crippen molar-refractivity contribution in [1.29, 1.82) is 0 Å². The van der Waals surface area contributed by atoms with E-state index in [1.165, 1.54) is 22.5 Å². The van der Waals surface area contributed by atoms with Crippen molar-refractivity contribution in [3.63, 3.8) is 0 Å². The number of benzene rings is 1. The fraction of sp³-hybridized carbons (Fsp3) is 0.312. The number of anilines is 1. The quantitative estimate of drug-likeness (QED) is 0.627. The van der Waals surface area contributed by atoms with Crippen LogP contribution in [-0.4, -0.2) is 31.7 Å². The molecule has 0 bridgehead atoms. The molecule has 3 rings (SSSR count). The van der Waals surface area contributed by atoms with Crippen LogP contribution in [-0.2, 0) is 10.0 Å². The molecule has 0 unspecified atom stereocenters. The largest absolute Gasteiger partial charge is 0.295 e. The molecule has 1 aliphatic rings. The highest BCUT2D eigenvalue weighted by molar-refractivity contribution is 7.89. The van der Waals surface area contributed by atoms with E-state index >= 15 is 0 Å². The first-order valence-corrected chi connectivity index (χ1v) is 11.5. The number of thiophene rings is 1. The molecular weight excluding hydrogens is 453 g/mol. The molecule has 0 atom stereocenters. The Bertz CT molecular complexity index is 934. The molecular formula is C16H16Cl3N3O3S2. The number of nitrogens with one attached hydrogen (secondary N) is 2. The Kier molecular flexibility index (Phi) is 6.55. The number of rotatable bonds is 5. The van der Waals surface area contributed by atoms with E-state index in [1.807, 2.05) is 0 Å². The van der Waals surface area contributed by atoms with E-state index in [4.69, 9.17) is 34.8 Å². The van der Waals surface area contributed by atoms with Crippen LogP contribution in [0.1, 0.15) is 28.9 Å². The maximum absolute atomic E-state index is 12.9. The van der Waals surface area contributed by atoms with Crippen molar-refractivity contribution in [2.24, 2.45) is 0 Å². The molecule has 0 aliphatic carbocycles. The van der Waals surface area contributed by atoms with Gasteiger partial charge in [-0.25, -0.2) is 8.42 Å². The summed E-state index contributed by atoms with van der Waals surface area (Å²) in [6.07, 6.45) is 2.65. The standard InChI is InChI=1S/C16H16Cl3N3O3S2/c17-10-8-11(18)14(12(19)9-10)20-21-16(23)15-13(4-7-26-15)27(24,25)22-5-2-1-3-6-22/h4,7-9,20H,1-3,5-6H2,(H,21,23). The molecule has 2 aromatic rings. The molecule has 1 saturated heterocycles. The number of halogens is 3. The van der Waals surface area contributed by atoms with Gasteiger partial charge in [0, 0.05) is 18.1 Å². The third-order valence-corrected chi connectivity index (χ3v) is 7.87. The Morgan fingerprint density at radius 1 is 1.07 bits per heavy atom. The number of hydrazine groups is 1. The molecule has 146 valence electrons. The third-order valence-electron chi connectivity index (χ3n) is 4.08. The number of sulfonamides is 1. The van der Waals surface area contributed by atoms with E-state index in [1.54, 1.807) is 5.38 Å². The lowest BCUT2D eigenvalue weighted by atomic mass is 10.2. The lowest BCUT2D eigenvalue weighted by Crippen LogP contribution is -2.37. The lowest BCUT2D eigenvalue weighted by Gasteiger charge is -2.25. The van der Waals surface area contributed by atoms with Gasteiger partial charge >= 0.3 is 0 Å². The van der Waals surface area contributed by atoms with Gasteiger partial charge in [0.25, 0.3) is 5.91 Å². The van der Waals surface area contributed by atoms with Crippen molar-refractivity contribution in [2.75, 3.05) is 18.5 Å². The summed E-state index contributed by atoms with van der Waals surface area (Å²) in [6, 6.07) is 4.40. The first kappa shape index (κ1) is 20.7. The first-order chi connectivity index (χ1) is 12.8. The Balaban J connectivity index is 1.78. The number of carbonyl (C=O) groups is 1. The lowest BCUT2D eigenvalue weighted by molar-refractivity contribution is 0.0963. The third kappa shape index (κ3) is 4.52. The van der Waals surface area contributed by atoms with Crippen LogP contribution in [0.25, 0.3) is 0 Å². The minimum atomic E-state index is -3.71. The Morgan fingerprint density at radius 2 is 1.70 bits per heavy atom. The number of hydrogen-bond acceptors (Lipinski definition) is 5. The van der Waals surface area contributed by atoms with Gasteiger partial charge in [-0.2, -0.15) is 4.31 Å². The molecule has 2 N–H and O–H groups in total. The highest BCUT2D eigenvalue weighted by atomic mass is 35.5. The molecule has 27 heavy (non-hydrogen) atoms. The van der Waals surface area contributed by atoms with E-state index in [2.05, 4.69) is 10.9 Å². The molecule has 1 fully saturated rings. The van der Waals surface area contributed by atoms with Gasteiger partial charge < -0.3 is 0 Å². The van der Waals surface area contributed by atoms with E-state index in [9.17, 15) is 13.2 Å². The Morgan fingerprint density at radius 3 is 2.33 bits per heavy atom. The summed E-state index contributed by atoms with van der Waals surface area (Å²) in [7, 11) is -3.71. The number of piperidine rings is 1. The summed E-state index contributed by atoms with van der Waals surface area (Å²) in [5, 5.41) is 2.38. The van der Waals surface area contributed by atoms with Crippen LogP contribution < -0.4 is 10.9 Å². The number of amides is 1. The zero-order valence-electron chi connectivity index (χ0n) is 14.0. The van der Waals surface area contributed by atoms with Crippen molar-refractivity contribution in [3.05, 3.63) is 43.5 Å². The minimum absolute atomic E-state index is 0.00185. The summed E-state index contributed by atoms with van der Waals surface area (Å²) in [5.74, 6) is -0.595. The van der Waals surface area contributed by atoms with Crippen LogP contribution >= 0.6 is 46.1 Å². The molecule has 6 nitrogen and oxygen atoms in total. The molecule has 0 saturated carbocycles. The average molecular weight is 469 g/mol. The van der Waals surface area contributed by atoms with E-state index in [0.29, 0.717) is 18.1 Å². The smallest absolute Gasteiger partial charge is 0.281 e. The molecule has 0 radical (unpaired) electrons. The molecule has 2 heterocycles. The van der Waals surface area contributed by atoms with E-state index in [-0.39, 0.29) is 25.5 Å². The second-order valence-corrected chi connectivity index (χ2v) is 9.98. The molecule has 1 aromatic carbocycles. The van der Waals surface area contributed by atoms with Gasteiger partial charge in [-0.1, -0.05) is 41.2 Å². The van der Waals surface area contributed by atoms with Crippen molar-refractivity contribution >= 4 is 67.8 Å². The van der Waals surface area contributed by atoms with Crippen molar-refractivity contribution in [3.8, 4) is 0 Å². The highest BCUT2D eigenvalue weighted by Crippen LogP contribution is 2.33. The van der Waals surface area contributed by atoms with Crippen LogP contribution in [0, 0.1) is 0 Å². The predicted molar refractivity (Wildman–Crippen MR) is 109 cm³/mol. The molecule has 1 aromatic heterocycles. The van der Waals surface area contributed by atoms with Crippen LogP contribution in [0.4, 0.5) is 5.69 Å². The SMILES string of the molecule is O=C(NNc1c(Cl)cc(Cl)cc1Cl)c1sccc1S(=O)(=O)N1CCCCC1. The minimum Gasteiger partial charge on any atom is -0.295 e. The number of hydrogen-bond donors (Lipinski definition) is 2. The predicted octanol–water partition coefficient (Wildman–Crippen LogP) is 4.64. The van der Waals surface area contributed by atoms with E-state index in [0.717, 1.165) is 30.6 Å². The summed E-state index contributed by atoms with van der Waals surface area (Å²) >= 11 is 19.0. The molecule has 0 spiro atoms. The first-order valence-electron chi connectivity index (χ1n) is 8.09. The second kappa shape index (κ2) is 8.55. The molecule has 1 aliphatic heterocycles. The van der Waals surface area contributed by atoms with Gasteiger partial charge in [-0.15, -0.1) is 11.3 Å². The Labute approximate surface area is 176 Å². The van der Waals surface area contributed by atoms with Crippen molar-refractivity contribution in [1.82, 2.24) is 9.73 Å². The van der Waals surface area contributed by atoms with Crippen LogP contribution in [0.2, 0.25) is 15.1 Å². The van der Waals surface area contributed by atoms with Gasteiger partial charge in [0.1, 0.15) is 9.77 Å². The van der Waals surface area contributed by atoms with Crippen LogP contribution in [0.5, 0.6) is 0 Å². The zero-order chi connectivity index (χ0) is 19.6. The van der Waals surface area contributed by atoms with Gasteiger partial charge in [-0.05, 0) is 36.4 Å². The van der Waals surface area contributed by atoms with Gasteiger partial charge in [0.05, 0.1) is 15.7 Å². The average Bonchev–Trinajstić information content (AvgIpc) is 3.12. The van der Waals surface area contributed by atoms with Crippen molar-refractivity contribution in [2.45, 2.75) is 24.2 Å². The maximum atomic E-state index is 12.9. The van der Waals surface area contributed by atoms with Crippen LogP contribution in [0.3, 0.4) is 0 Å². The van der Waals surface area contributed by atoms with E-state index < -0.39 is 15.9 Å². The number of nitrogens with zero attached hydrogens (tertiary/aromatic N) is 1. The Hall–Kier alpha value is -1.03. The van der Waals surface area contributed by atoms with Gasteiger partial charge in [0.2, 0.25) is 10.0 Å². The van der Waals surface area contributed by atoms with Crippen LogP contribution in [0.15, 0.2) is 28.5 Å². The summed E-state index contributed by atoms with van der Waals surface area (Å²) < 4.78 is 27.2. The topological polar surface area (TPSA) is 78.5 Å². The summed E-state index contributed by atoms with van der Waals surface area (Å²) in [4.78, 5) is 12.7. The molecule has 1 amide bonds. The van der Waals surface area contributed by atoms with Gasteiger partial charge in [-0.3, -0.25) is 15.6 Å². The summed E-state index contributed by atoms with van der Waals surface area (Å²) in [5.41, 5.74) is 5.35. The fourth-order valence-electron chi connectivity index (χ4n) is 2.75. The fourth-order valence-corrected chi connectivity index (χ4v) is 6.47. The second-order valence-electron chi connectivity index (χ2n) is 5.90.